The van der Waals surface area contributed by atoms with E-state index in [-0.39, 0.29) is 28.0 Å². The molecule has 5 heteroatoms. The Morgan fingerprint density at radius 2 is 1.15 bits per heavy atom. The van der Waals surface area contributed by atoms with Gasteiger partial charge in [-0.1, -0.05) is 135 Å². The van der Waals surface area contributed by atoms with Crippen LogP contribution >= 0.6 is 0 Å². The molecule has 0 aliphatic heterocycles. The van der Waals surface area contributed by atoms with Crippen molar-refractivity contribution in [2.24, 2.45) is 0 Å². The standard InChI is InChI=1S/C57H56FN3O/c1-55(2,3)41-20-26-45(27-21-41)61(46-28-22-42(23-29-46)56(4,5)6)53-32-24-43(57(7,8)9)37-49(53)54(52-18-10-11-33-59-52)40-15-13-17-48(36-40)62-47-16-12-14-38(35-47)50-30-19-39-34-44(58)25-31-51(39)60-50/h10-37,54H,1-9H3/t54-/m0/s1. The first-order chi connectivity index (χ1) is 29.5. The topological polar surface area (TPSA) is 38.2 Å². The molecule has 4 nitrogen and oxygen atoms in total. The molecule has 0 aliphatic carbocycles. The Balaban J connectivity index is 1.26. The third-order valence-corrected chi connectivity index (χ3v) is 11.6. The van der Waals surface area contributed by atoms with E-state index in [9.17, 15) is 4.39 Å². The van der Waals surface area contributed by atoms with Crippen molar-refractivity contribution in [3.8, 4) is 22.8 Å². The first kappa shape index (κ1) is 42.1. The van der Waals surface area contributed by atoms with Gasteiger partial charge in [-0.25, -0.2) is 9.37 Å². The van der Waals surface area contributed by atoms with Crippen LogP contribution in [0, 0.1) is 5.82 Å². The van der Waals surface area contributed by atoms with Crippen LogP contribution in [0.1, 0.15) is 102 Å². The smallest absolute Gasteiger partial charge is 0.128 e. The predicted molar refractivity (Wildman–Crippen MR) is 256 cm³/mol. The van der Waals surface area contributed by atoms with E-state index >= 15 is 0 Å². The van der Waals surface area contributed by atoms with Crippen LogP contribution in [0.2, 0.25) is 0 Å². The van der Waals surface area contributed by atoms with Gasteiger partial charge in [0, 0.05) is 28.5 Å². The Morgan fingerprint density at radius 3 is 1.76 bits per heavy atom. The molecule has 0 bridgehead atoms. The van der Waals surface area contributed by atoms with Crippen molar-refractivity contribution >= 4 is 28.0 Å². The number of ether oxygens (including phenoxy) is 1. The molecule has 2 heterocycles. The van der Waals surface area contributed by atoms with Crippen LogP contribution < -0.4 is 9.64 Å². The molecule has 0 fully saturated rings. The fraction of sp³-hybridized carbons (Fsp3) is 0.228. The van der Waals surface area contributed by atoms with Crippen molar-refractivity contribution in [2.45, 2.75) is 84.5 Å². The number of rotatable bonds is 9. The van der Waals surface area contributed by atoms with E-state index in [2.05, 4.69) is 164 Å². The Kier molecular flexibility index (Phi) is 11.3. The molecule has 0 unspecified atom stereocenters. The summed E-state index contributed by atoms with van der Waals surface area (Å²) in [6.45, 7) is 20.3. The molecule has 8 rings (SSSR count). The molecule has 0 saturated carbocycles. The summed E-state index contributed by atoms with van der Waals surface area (Å²) in [5.41, 5.74) is 12.5. The lowest BCUT2D eigenvalue weighted by Crippen LogP contribution is -2.19. The summed E-state index contributed by atoms with van der Waals surface area (Å²) in [5, 5.41) is 0.761. The average molecular weight is 818 g/mol. The van der Waals surface area contributed by atoms with Crippen LogP contribution in [0.5, 0.6) is 11.5 Å². The van der Waals surface area contributed by atoms with Crippen LogP contribution in [-0.2, 0) is 16.2 Å². The quantitative estimate of drug-likeness (QED) is 0.145. The van der Waals surface area contributed by atoms with Crippen molar-refractivity contribution in [1.82, 2.24) is 9.97 Å². The molecule has 312 valence electrons. The normalized spacial score (nSPS) is 12.6. The lowest BCUT2D eigenvalue weighted by Gasteiger charge is -2.33. The summed E-state index contributed by atoms with van der Waals surface area (Å²) in [5.74, 6) is 0.875. The Bertz CT molecular complexity index is 2770. The summed E-state index contributed by atoms with van der Waals surface area (Å²) in [6.07, 6.45) is 1.88. The molecule has 8 aromatic rings. The van der Waals surface area contributed by atoms with Gasteiger partial charge in [0.1, 0.15) is 17.3 Å². The fourth-order valence-corrected chi connectivity index (χ4v) is 8.03. The number of aromatic nitrogens is 2. The van der Waals surface area contributed by atoms with Gasteiger partial charge in [-0.2, -0.15) is 0 Å². The van der Waals surface area contributed by atoms with Gasteiger partial charge in [-0.05, 0) is 135 Å². The minimum Gasteiger partial charge on any atom is -0.457 e. The van der Waals surface area contributed by atoms with Crippen molar-refractivity contribution < 1.29 is 9.13 Å². The lowest BCUT2D eigenvalue weighted by atomic mass is 9.80. The first-order valence-corrected chi connectivity index (χ1v) is 21.5. The van der Waals surface area contributed by atoms with Gasteiger partial charge in [0.05, 0.1) is 28.5 Å². The highest BCUT2D eigenvalue weighted by atomic mass is 19.1. The zero-order chi connectivity index (χ0) is 43.8. The number of benzene rings is 6. The third kappa shape index (κ3) is 9.18. The number of hydrogen-bond donors (Lipinski definition) is 0. The molecule has 6 aromatic carbocycles. The number of fused-ring (bicyclic) bond motifs is 1. The maximum atomic E-state index is 13.9. The average Bonchev–Trinajstić information content (AvgIpc) is 3.24. The third-order valence-electron chi connectivity index (χ3n) is 11.6. The van der Waals surface area contributed by atoms with Crippen molar-refractivity contribution in [1.29, 1.82) is 0 Å². The van der Waals surface area contributed by atoms with E-state index in [0.717, 1.165) is 56.0 Å². The molecule has 0 aliphatic rings. The van der Waals surface area contributed by atoms with Gasteiger partial charge < -0.3 is 9.64 Å². The van der Waals surface area contributed by atoms with Gasteiger partial charge in [0.2, 0.25) is 0 Å². The number of hydrogen-bond acceptors (Lipinski definition) is 4. The van der Waals surface area contributed by atoms with Gasteiger partial charge in [0.25, 0.3) is 0 Å². The largest absolute Gasteiger partial charge is 0.457 e. The summed E-state index contributed by atoms with van der Waals surface area (Å²) in [7, 11) is 0. The monoisotopic (exact) mass is 817 g/mol. The summed E-state index contributed by atoms with van der Waals surface area (Å²) < 4.78 is 20.6. The zero-order valence-corrected chi connectivity index (χ0v) is 37.4. The molecule has 0 spiro atoms. The molecular formula is C57H56FN3O. The summed E-state index contributed by atoms with van der Waals surface area (Å²) in [4.78, 5) is 12.3. The van der Waals surface area contributed by atoms with Crippen molar-refractivity contribution in [2.75, 3.05) is 4.90 Å². The highest BCUT2D eigenvalue weighted by molar-refractivity contribution is 5.82. The van der Waals surface area contributed by atoms with Gasteiger partial charge in [-0.15, -0.1) is 0 Å². The lowest BCUT2D eigenvalue weighted by molar-refractivity contribution is 0.482. The summed E-state index contributed by atoms with van der Waals surface area (Å²) in [6, 6.07) is 56.0. The molecular weight excluding hydrogens is 762 g/mol. The number of nitrogens with zero attached hydrogens (tertiary/aromatic N) is 3. The number of halogens is 1. The second-order valence-electron chi connectivity index (χ2n) is 19.4. The Morgan fingerprint density at radius 1 is 0.532 bits per heavy atom. The number of anilines is 3. The van der Waals surface area contributed by atoms with Crippen LogP contribution in [-0.4, -0.2) is 9.97 Å². The minimum atomic E-state index is -0.276. The molecule has 1 atom stereocenters. The van der Waals surface area contributed by atoms with Crippen LogP contribution in [0.4, 0.5) is 21.5 Å². The van der Waals surface area contributed by atoms with E-state index < -0.39 is 0 Å². The summed E-state index contributed by atoms with van der Waals surface area (Å²) >= 11 is 0. The van der Waals surface area contributed by atoms with Crippen LogP contribution in [0.15, 0.2) is 170 Å². The maximum Gasteiger partial charge on any atom is 0.128 e. The van der Waals surface area contributed by atoms with Gasteiger partial charge >= 0.3 is 0 Å². The van der Waals surface area contributed by atoms with Gasteiger partial charge in [0.15, 0.2) is 0 Å². The number of pyridine rings is 2. The highest BCUT2D eigenvalue weighted by Crippen LogP contribution is 2.46. The predicted octanol–water partition coefficient (Wildman–Crippen LogP) is 15.8. The molecule has 0 amide bonds. The highest BCUT2D eigenvalue weighted by Gasteiger charge is 2.29. The molecule has 2 aromatic heterocycles. The zero-order valence-electron chi connectivity index (χ0n) is 37.4. The van der Waals surface area contributed by atoms with Crippen molar-refractivity contribution in [3.05, 3.63) is 209 Å². The maximum absolute atomic E-state index is 13.9. The molecule has 62 heavy (non-hydrogen) atoms. The second-order valence-corrected chi connectivity index (χ2v) is 19.4. The van der Waals surface area contributed by atoms with Crippen LogP contribution in [0.25, 0.3) is 22.2 Å². The molecule has 0 radical (unpaired) electrons. The molecule has 0 saturated heterocycles. The van der Waals surface area contributed by atoms with Crippen molar-refractivity contribution in [3.63, 3.8) is 0 Å². The van der Waals surface area contributed by atoms with Crippen LogP contribution in [0.3, 0.4) is 0 Å². The molecule has 0 N–H and O–H groups in total. The van der Waals surface area contributed by atoms with E-state index in [0.29, 0.717) is 11.5 Å². The first-order valence-electron chi connectivity index (χ1n) is 21.5. The fourth-order valence-electron chi connectivity index (χ4n) is 8.03. The SMILES string of the molecule is CC(C)(C)c1ccc(N(c2ccc(C(C)(C)C)cc2)c2ccc(C(C)(C)C)cc2[C@H](c2cccc(Oc3cccc(-c4ccc5cc(F)ccc5n4)c3)c2)c2ccccn2)cc1. The Labute approximate surface area is 367 Å². The van der Waals surface area contributed by atoms with Gasteiger partial charge in [-0.3, -0.25) is 4.98 Å². The second kappa shape index (κ2) is 16.7. The van der Waals surface area contributed by atoms with E-state index in [1.807, 2.05) is 54.7 Å². The van der Waals surface area contributed by atoms with E-state index in [1.165, 1.54) is 28.8 Å². The Hall–Kier alpha value is -6.59. The van der Waals surface area contributed by atoms with E-state index in [1.54, 1.807) is 6.07 Å². The van der Waals surface area contributed by atoms with E-state index in [4.69, 9.17) is 14.7 Å². The minimum absolute atomic E-state index is 0.0187.